The van der Waals surface area contributed by atoms with Gasteiger partial charge in [0.15, 0.2) is 5.82 Å². The van der Waals surface area contributed by atoms with Crippen LogP contribution in [0.15, 0.2) is 48.8 Å². The van der Waals surface area contributed by atoms with E-state index in [2.05, 4.69) is 33.6 Å². The van der Waals surface area contributed by atoms with Gasteiger partial charge in [-0.05, 0) is 24.5 Å². The normalized spacial score (nSPS) is 15.0. The van der Waals surface area contributed by atoms with Crippen LogP contribution in [0.4, 0.5) is 10.6 Å². The molecule has 134 valence electrons. The molecule has 1 fully saturated rings. The summed E-state index contributed by atoms with van der Waals surface area (Å²) in [6.45, 7) is 2.27. The van der Waals surface area contributed by atoms with Crippen molar-refractivity contribution in [2.45, 2.75) is 32.2 Å². The number of nitrogens with zero attached hydrogens (tertiary/aromatic N) is 4. The average molecular weight is 349 g/mol. The van der Waals surface area contributed by atoms with E-state index in [1.807, 2.05) is 40.2 Å². The number of carbonyl (C=O) groups excluding carboxylic acids is 1. The molecule has 1 N–H and O–H groups in total. The van der Waals surface area contributed by atoms with Gasteiger partial charge < -0.3 is 4.90 Å². The van der Waals surface area contributed by atoms with Gasteiger partial charge in [0.05, 0.1) is 12.1 Å². The molecule has 6 nitrogen and oxygen atoms in total. The second kappa shape index (κ2) is 7.56. The second-order valence-electron chi connectivity index (χ2n) is 6.72. The highest BCUT2D eigenvalue weighted by Gasteiger charge is 2.16. The van der Waals surface area contributed by atoms with Gasteiger partial charge in [-0.1, -0.05) is 37.1 Å². The molecule has 3 aromatic rings. The Bertz CT molecular complexity index is 891. The first kappa shape index (κ1) is 16.6. The van der Waals surface area contributed by atoms with Crippen molar-refractivity contribution in [3.05, 3.63) is 54.4 Å². The van der Waals surface area contributed by atoms with Crippen LogP contribution in [-0.2, 0) is 6.54 Å². The quantitative estimate of drug-likeness (QED) is 0.780. The van der Waals surface area contributed by atoms with Crippen LogP contribution in [0.3, 0.4) is 0 Å². The Hall–Kier alpha value is -2.89. The van der Waals surface area contributed by atoms with E-state index in [1.54, 1.807) is 0 Å². The Morgan fingerprint density at radius 2 is 1.85 bits per heavy atom. The Morgan fingerprint density at radius 1 is 1.04 bits per heavy atom. The second-order valence-corrected chi connectivity index (χ2v) is 6.72. The van der Waals surface area contributed by atoms with Gasteiger partial charge in [-0.3, -0.25) is 15.0 Å². The maximum Gasteiger partial charge on any atom is 0.323 e. The minimum Gasteiger partial charge on any atom is -0.325 e. The summed E-state index contributed by atoms with van der Waals surface area (Å²) in [7, 11) is 0. The van der Waals surface area contributed by atoms with E-state index >= 15 is 0 Å². The Morgan fingerprint density at radius 3 is 2.69 bits per heavy atom. The SMILES string of the molecule is O=C(Nc1ccn(Cc2cccc3cccnc23)n1)N1CCCCCC1. The summed E-state index contributed by atoms with van der Waals surface area (Å²) in [5, 5.41) is 8.54. The lowest BCUT2D eigenvalue weighted by Crippen LogP contribution is -2.35. The fourth-order valence-corrected chi connectivity index (χ4v) is 3.45. The van der Waals surface area contributed by atoms with Crippen molar-refractivity contribution in [2.24, 2.45) is 0 Å². The third-order valence-electron chi connectivity index (χ3n) is 4.82. The Labute approximate surface area is 152 Å². The van der Waals surface area contributed by atoms with Gasteiger partial charge in [0.2, 0.25) is 0 Å². The molecule has 26 heavy (non-hydrogen) atoms. The fourth-order valence-electron chi connectivity index (χ4n) is 3.45. The molecule has 2 amide bonds. The number of aromatic nitrogens is 3. The number of carbonyl (C=O) groups is 1. The zero-order valence-corrected chi connectivity index (χ0v) is 14.8. The number of likely N-dealkylation sites (tertiary alicyclic amines) is 1. The summed E-state index contributed by atoms with van der Waals surface area (Å²) in [5.74, 6) is 0.590. The number of urea groups is 1. The van der Waals surface area contributed by atoms with Gasteiger partial charge in [-0.15, -0.1) is 0 Å². The molecular formula is C20H23N5O. The van der Waals surface area contributed by atoms with Gasteiger partial charge >= 0.3 is 6.03 Å². The van der Waals surface area contributed by atoms with Crippen molar-refractivity contribution in [1.82, 2.24) is 19.7 Å². The maximum absolute atomic E-state index is 12.4. The number of pyridine rings is 1. The van der Waals surface area contributed by atoms with E-state index in [0.29, 0.717) is 12.4 Å². The maximum atomic E-state index is 12.4. The van der Waals surface area contributed by atoms with E-state index in [4.69, 9.17) is 0 Å². The molecule has 2 aromatic heterocycles. The number of hydrogen-bond acceptors (Lipinski definition) is 3. The average Bonchev–Trinajstić information content (AvgIpc) is 2.93. The highest BCUT2D eigenvalue weighted by atomic mass is 16.2. The van der Waals surface area contributed by atoms with Crippen LogP contribution in [0.5, 0.6) is 0 Å². The predicted octanol–water partition coefficient (Wildman–Crippen LogP) is 3.89. The van der Waals surface area contributed by atoms with Crippen molar-refractivity contribution in [3.8, 4) is 0 Å². The third kappa shape index (κ3) is 3.69. The number of nitrogens with one attached hydrogen (secondary N) is 1. The van der Waals surface area contributed by atoms with Crippen LogP contribution in [0.25, 0.3) is 10.9 Å². The van der Waals surface area contributed by atoms with Crippen LogP contribution in [0, 0.1) is 0 Å². The summed E-state index contributed by atoms with van der Waals surface area (Å²) in [6.07, 6.45) is 8.27. The molecule has 1 aliphatic heterocycles. The zero-order chi connectivity index (χ0) is 17.8. The molecule has 4 rings (SSSR count). The van der Waals surface area contributed by atoms with Crippen molar-refractivity contribution in [3.63, 3.8) is 0 Å². The number of anilines is 1. The molecule has 1 saturated heterocycles. The van der Waals surface area contributed by atoms with E-state index in [0.717, 1.165) is 42.4 Å². The molecule has 0 aliphatic carbocycles. The highest BCUT2D eigenvalue weighted by Crippen LogP contribution is 2.17. The summed E-state index contributed by atoms with van der Waals surface area (Å²) in [6, 6.07) is 11.9. The smallest absolute Gasteiger partial charge is 0.323 e. The van der Waals surface area contributed by atoms with Crippen LogP contribution in [-0.4, -0.2) is 38.8 Å². The third-order valence-corrected chi connectivity index (χ3v) is 4.82. The number of benzene rings is 1. The standard InChI is InChI=1S/C20H23N5O/c26-20(24-12-3-1-2-4-13-24)22-18-10-14-25(23-18)15-17-8-5-7-16-9-6-11-21-19(16)17/h5-11,14H,1-4,12-13,15H2,(H,22,23,26). The lowest BCUT2D eigenvalue weighted by molar-refractivity contribution is 0.213. The minimum atomic E-state index is -0.0519. The molecule has 1 aliphatic rings. The molecule has 3 heterocycles. The minimum absolute atomic E-state index is 0.0519. The van der Waals surface area contributed by atoms with E-state index in [1.165, 1.54) is 12.8 Å². The molecule has 0 atom stereocenters. The largest absolute Gasteiger partial charge is 0.325 e. The van der Waals surface area contributed by atoms with Crippen LogP contribution < -0.4 is 5.32 Å². The molecule has 0 saturated carbocycles. The zero-order valence-electron chi connectivity index (χ0n) is 14.8. The molecule has 0 spiro atoms. The van der Waals surface area contributed by atoms with Crippen molar-refractivity contribution < 1.29 is 4.79 Å². The Balaban J connectivity index is 1.45. The molecule has 6 heteroatoms. The van der Waals surface area contributed by atoms with Gasteiger partial charge in [-0.25, -0.2) is 4.79 Å². The lowest BCUT2D eigenvalue weighted by atomic mass is 10.1. The van der Waals surface area contributed by atoms with Crippen molar-refractivity contribution >= 4 is 22.8 Å². The summed E-state index contributed by atoms with van der Waals surface area (Å²) in [5.41, 5.74) is 2.09. The Kier molecular flexibility index (Phi) is 4.82. The molecular weight excluding hydrogens is 326 g/mol. The first-order chi connectivity index (χ1) is 12.8. The number of amides is 2. The summed E-state index contributed by atoms with van der Waals surface area (Å²) in [4.78, 5) is 18.8. The number of para-hydroxylation sites is 1. The van der Waals surface area contributed by atoms with Crippen molar-refractivity contribution in [2.75, 3.05) is 18.4 Å². The molecule has 1 aromatic carbocycles. The van der Waals surface area contributed by atoms with Gasteiger partial charge in [-0.2, -0.15) is 5.10 Å². The van der Waals surface area contributed by atoms with Crippen molar-refractivity contribution in [1.29, 1.82) is 0 Å². The van der Waals surface area contributed by atoms with Gasteiger partial charge in [0, 0.05) is 36.9 Å². The van der Waals surface area contributed by atoms with Gasteiger partial charge in [0.1, 0.15) is 0 Å². The predicted molar refractivity (Wildman–Crippen MR) is 102 cm³/mol. The first-order valence-electron chi connectivity index (χ1n) is 9.21. The summed E-state index contributed by atoms with van der Waals surface area (Å²) < 4.78 is 1.83. The number of fused-ring (bicyclic) bond motifs is 1. The van der Waals surface area contributed by atoms with Crippen LogP contribution >= 0.6 is 0 Å². The van der Waals surface area contributed by atoms with E-state index in [9.17, 15) is 4.79 Å². The van der Waals surface area contributed by atoms with E-state index < -0.39 is 0 Å². The summed E-state index contributed by atoms with van der Waals surface area (Å²) >= 11 is 0. The lowest BCUT2D eigenvalue weighted by Gasteiger charge is -2.19. The van der Waals surface area contributed by atoms with Crippen LogP contribution in [0.2, 0.25) is 0 Å². The fraction of sp³-hybridized carbons (Fsp3) is 0.350. The van der Waals surface area contributed by atoms with Crippen LogP contribution in [0.1, 0.15) is 31.2 Å². The number of rotatable bonds is 3. The molecule has 0 radical (unpaired) electrons. The highest BCUT2D eigenvalue weighted by molar-refractivity contribution is 5.88. The topological polar surface area (TPSA) is 63.1 Å². The first-order valence-corrected chi connectivity index (χ1v) is 9.21. The number of hydrogen-bond donors (Lipinski definition) is 1. The molecule has 0 unspecified atom stereocenters. The molecule has 0 bridgehead atoms. The van der Waals surface area contributed by atoms with Gasteiger partial charge in [0.25, 0.3) is 0 Å². The monoisotopic (exact) mass is 349 g/mol. The van der Waals surface area contributed by atoms with E-state index in [-0.39, 0.29) is 6.03 Å².